The largest absolute Gasteiger partial charge is 0.466 e. The molecule has 0 aliphatic rings. The maximum Gasteiger partial charge on any atom is 0.323 e. The van der Waals surface area contributed by atoms with Crippen LogP contribution in [0.25, 0.3) is 0 Å². The van der Waals surface area contributed by atoms with Crippen LogP contribution in [-0.4, -0.2) is 22.5 Å². The van der Waals surface area contributed by atoms with Gasteiger partial charge in [0.2, 0.25) is 0 Å². The molecule has 0 bridgehead atoms. The molecule has 0 saturated carbocycles. The highest BCUT2D eigenvalue weighted by Crippen LogP contribution is 1.98. The van der Waals surface area contributed by atoms with Crippen molar-refractivity contribution in [1.29, 1.82) is 0 Å². The average Bonchev–Trinajstić information content (AvgIpc) is 2.10. The normalized spacial score (nSPS) is 9.79. The summed E-state index contributed by atoms with van der Waals surface area (Å²) < 4.78 is 5.01. The van der Waals surface area contributed by atoms with E-state index >= 15 is 0 Å². The van der Waals surface area contributed by atoms with Crippen molar-refractivity contribution in [2.24, 2.45) is 0 Å². The SMILES string of the molecule is CCOC(=O)Cc1c[nH]c(=O)[nH]c1=S. The Morgan fingerprint density at radius 2 is 2.36 bits per heavy atom. The summed E-state index contributed by atoms with van der Waals surface area (Å²) in [5.41, 5.74) is 0.167. The van der Waals surface area contributed by atoms with Gasteiger partial charge in [0.15, 0.2) is 0 Å². The highest BCUT2D eigenvalue weighted by molar-refractivity contribution is 7.71. The lowest BCUT2D eigenvalue weighted by Gasteiger charge is -2.00. The van der Waals surface area contributed by atoms with E-state index in [9.17, 15) is 9.59 Å². The summed E-state index contributed by atoms with van der Waals surface area (Å²) in [4.78, 5) is 26.6. The number of carbonyl (C=O) groups excluding carboxylic acids is 1. The van der Waals surface area contributed by atoms with Gasteiger partial charge in [-0.1, -0.05) is 12.2 Å². The number of aromatic nitrogens is 2. The highest BCUT2D eigenvalue weighted by atomic mass is 32.1. The fraction of sp³-hybridized carbons (Fsp3) is 0.375. The van der Waals surface area contributed by atoms with Crippen LogP contribution in [0.1, 0.15) is 12.5 Å². The Bertz CT molecular complexity index is 435. The van der Waals surface area contributed by atoms with Gasteiger partial charge >= 0.3 is 11.7 Å². The van der Waals surface area contributed by atoms with Crippen molar-refractivity contribution >= 4 is 18.2 Å². The average molecular weight is 214 g/mol. The van der Waals surface area contributed by atoms with Crippen LogP contribution in [-0.2, 0) is 16.0 Å². The molecule has 0 unspecified atom stereocenters. The lowest BCUT2D eigenvalue weighted by atomic mass is 10.2. The van der Waals surface area contributed by atoms with Crippen molar-refractivity contribution < 1.29 is 9.53 Å². The van der Waals surface area contributed by atoms with Gasteiger partial charge < -0.3 is 9.72 Å². The lowest BCUT2D eigenvalue weighted by Crippen LogP contribution is -2.14. The van der Waals surface area contributed by atoms with Crippen LogP contribution in [0.15, 0.2) is 11.0 Å². The summed E-state index contributed by atoms with van der Waals surface area (Å²) in [6.07, 6.45) is 1.48. The van der Waals surface area contributed by atoms with Gasteiger partial charge in [-0.3, -0.25) is 9.78 Å². The summed E-state index contributed by atoms with van der Waals surface area (Å²) in [5.74, 6) is -0.362. The van der Waals surface area contributed by atoms with E-state index in [2.05, 4.69) is 9.97 Å². The molecule has 0 aliphatic carbocycles. The van der Waals surface area contributed by atoms with Crippen molar-refractivity contribution in [3.8, 4) is 0 Å². The molecule has 0 radical (unpaired) electrons. The minimum Gasteiger partial charge on any atom is -0.466 e. The number of nitrogens with one attached hydrogen (secondary N) is 2. The molecule has 76 valence electrons. The maximum absolute atomic E-state index is 11.1. The molecule has 1 rings (SSSR count). The van der Waals surface area contributed by atoms with Crippen molar-refractivity contribution in [3.05, 3.63) is 26.9 Å². The zero-order valence-electron chi connectivity index (χ0n) is 7.62. The van der Waals surface area contributed by atoms with Crippen molar-refractivity contribution in [3.63, 3.8) is 0 Å². The number of carbonyl (C=O) groups is 1. The molecule has 0 saturated heterocycles. The molecule has 0 fully saturated rings. The number of hydrogen-bond acceptors (Lipinski definition) is 4. The molecule has 1 heterocycles. The maximum atomic E-state index is 11.1. The second-order valence-electron chi connectivity index (χ2n) is 2.58. The molecule has 0 amide bonds. The summed E-state index contributed by atoms with van der Waals surface area (Å²) in [6.45, 7) is 2.06. The zero-order chi connectivity index (χ0) is 10.6. The van der Waals surface area contributed by atoms with Gasteiger partial charge in [-0.25, -0.2) is 4.79 Å². The predicted octanol–water partition coefficient (Wildman–Crippen LogP) is 0.538. The van der Waals surface area contributed by atoms with Gasteiger partial charge in [-0.05, 0) is 6.92 Å². The van der Waals surface area contributed by atoms with Crippen LogP contribution >= 0.6 is 12.2 Å². The van der Waals surface area contributed by atoms with E-state index < -0.39 is 0 Å². The molecule has 5 nitrogen and oxygen atoms in total. The van der Waals surface area contributed by atoms with E-state index in [0.29, 0.717) is 12.2 Å². The molecular weight excluding hydrogens is 204 g/mol. The first-order chi connectivity index (χ1) is 6.63. The molecule has 0 spiro atoms. The number of rotatable bonds is 3. The fourth-order valence-corrected chi connectivity index (χ4v) is 1.16. The van der Waals surface area contributed by atoms with Crippen LogP contribution in [0.2, 0.25) is 0 Å². The standard InChI is InChI=1S/C8H10N2O3S/c1-2-13-6(11)3-5-4-9-8(12)10-7(5)14/h4H,2-3H2,1H3,(H2,9,10,12,14). The first-order valence-electron chi connectivity index (χ1n) is 4.10. The van der Waals surface area contributed by atoms with Crippen LogP contribution < -0.4 is 5.69 Å². The van der Waals surface area contributed by atoms with E-state index in [1.54, 1.807) is 6.92 Å². The first-order valence-corrected chi connectivity index (χ1v) is 4.50. The second-order valence-corrected chi connectivity index (χ2v) is 2.99. The topological polar surface area (TPSA) is 75.0 Å². The van der Waals surface area contributed by atoms with Crippen molar-refractivity contribution in [2.45, 2.75) is 13.3 Å². The zero-order valence-corrected chi connectivity index (χ0v) is 8.44. The summed E-state index contributed by atoms with van der Waals surface area (Å²) in [5, 5.41) is 0. The van der Waals surface area contributed by atoms with E-state index in [-0.39, 0.29) is 22.7 Å². The Morgan fingerprint density at radius 3 is 2.93 bits per heavy atom. The first kappa shape index (κ1) is 10.6. The second kappa shape index (κ2) is 4.71. The van der Waals surface area contributed by atoms with Crippen LogP contribution in [0, 0.1) is 4.64 Å². The number of aromatic amines is 2. The Balaban J connectivity index is 2.82. The minimum atomic E-state index is -0.386. The Morgan fingerprint density at radius 1 is 1.64 bits per heavy atom. The summed E-state index contributed by atoms with van der Waals surface area (Å²) in [7, 11) is 0. The molecule has 2 N–H and O–H groups in total. The van der Waals surface area contributed by atoms with E-state index in [1.165, 1.54) is 6.20 Å². The quantitative estimate of drug-likeness (QED) is 0.568. The smallest absolute Gasteiger partial charge is 0.323 e. The Labute approximate surface area is 85.1 Å². The van der Waals surface area contributed by atoms with E-state index in [0.717, 1.165) is 0 Å². The molecule has 0 aromatic carbocycles. The number of hydrogen-bond donors (Lipinski definition) is 2. The molecule has 1 aromatic heterocycles. The summed E-state index contributed by atoms with van der Waals surface area (Å²) >= 11 is 4.86. The third kappa shape index (κ3) is 2.81. The van der Waals surface area contributed by atoms with E-state index in [4.69, 9.17) is 17.0 Å². The molecule has 6 heteroatoms. The van der Waals surface area contributed by atoms with Gasteiger partial charge in [0.25, 0.3) is 0 Å². The third-order valence-electron chi connectivity index (χ3n) is 1.54. The van der Waals surface area contributed by atoms with Crippen molar-refractivity contribution in [2.75, 3.05) is 6.61 Å². The molecule has 0 aliphatic heterocycles. The van der Waals surface area contributed by atoms with Gasteiger partial charge in [0.05, 0.1) is 13.0 Å². The molecular formula is C8H10N2O3S. The highest BCUT2D eigenvalue weighted by Gasteiger charge is 2.05. The van der Waals surface area contributed by atoms with Crippen molar-refractivity contribution in [1.82, 2.24) is 9.97 Å². The lowest BCUT2D eigenvalue weighted by molar-refractivity contribution is -0.142. The predicted molar refractivity (Wildman–Crippen MR) is 52.6 cm³/mol. The fourth-order valence-electron chi connectivity index (χ4n) is 0.937. The van der Waals surface area contributed by atoms with E-state index in [1.807, 2.05) is 0 Å². The van der Waals surface area contributed by atoms with Crippen LogP contribution in [0.4, 0.5) is 0 Å². The molecule has 14 heavy (non-hydrogen) atoms. The molecule has 1 aromatic rings. The van der Waals surface area contributed by atoms with Gasteiger partial charge in [0.1, 0.15) is 4.64 Å². The monoisotopic (exact) mass is 214 g/mol. The third-order valence-corrected chi connectivity index (χ3v) is 1.90. The van der Waals surface area contributed by atoms with Gasteiger partial charge in [-0.15, -0.1) is 0 Å². The number of ether oxygens (including phenoxy) is 1. The Kier molecular flexibility index (Phi) is 3.58. The summed E-state index contributed by atoms with van der Waals surface area (Å²) in [6, 6.07) is 0. The Hall–Kier alpha value is -1.43. The molecule has 0 atom stereocenters. The van der Waals surface area contributed by atoms with Gasteiger partial charge in [-0.2, -0.15) is 0 Å². The number of H-pyrrole nitrogens is 2. The van der Waals surface area contributed by atoms with Gasteiger partial charge in [0, 0.05) is 11.8 Å². The van der Waals surface area contributed by atoms with Crippen LogP contribution in [0.3, 0.4) is 0 Å². The van der Waals surface area contributed by atoms with Crippen LogP contribution in [0.5, 0.6) is 0 Å². The number of esters is 1. The minimum absolute atomic E-state index is 0.0694.